The number of aryl methyl sites for hydroxylation is 1. The lowest BCUT2D eigenvalue weighted by Crippen LogP contribution is -2.15. The van der Waals surface area contributed by atoms with Crippen LogP contribution in [0.4, 0.5) is 5.13 Å². The minimum atomic E-state index is -0.412. The van der Waals surface area contributed by atoms with E-state index in [1.165, 1.54) is 23.1 Å². The second-order valence-corrected chi connectivity index (χ2v) is 8.96. The lowest BCUT2D eigenvalue weighted by atomic mass is 10.3. The molecule has 0 spiro atoms. The molecule has 0 bridgehead atoms. The summed E-state index contributed by atoms with van der Waals surface area (Å²) < 4.78 is 7.85. The molecule has 0 fully saturated rings. The first kappa shape index (κ1) is 22.8. The first-order chi connectivity index (χ1) is 14.4. The molecule has 0 aliphatic rings. The van der Waals surface area contributed by atoms with Crippen LogP contribution in [-0.4, -0.2) is 36.6 Å². The smallest absolute Gasteiger partial charge is 0.236 e. The Morgan fingerprint density at radius 1 is 1.27 bits per heavy atom. The van der Waals surface area contributed by atoms with Crippen LogP contribution in [0.15, 0.2) is 23.4 Å². The van der Waals surface area contributed by atoms with Crippen molar-refractivity contribution < 1.29 is 9.53 Å². The number of carbonyl (C=O) groups excluding carboxylic acids is 1. The topological polar surface area (TPSA) is 94.8 Å². The molecule has 1 amide bonds. The predicted molar refractivity (Wildman–Crippen MR) is 120 cm³/mol. The van der Waals surface area contributed by atoms with Crippen molar-refractivity contribution >= 4 is 57.3 Å². The summed E-state index contributed by atoms with van der Waals surface area (Å²) in [5.74, 6) is 1.10. The van der Waals surface area contributed by atoms with Crippen molar-refractivity contribution in [3.05, 3.63) is 39.1 Å². The lowest BCUT2D eigenvalue weighted by molar-refractivity contribution is -0.113. The zero-order chi connectivity index (χ0) is 21.7. The second kappa shape index (κ2) is 10.4. The van der Waals surface area contributed by atoms with Crippen molar-refractivity contribution in [3.8, 4) is 5.75 Å². The average molecular weight is 487 g/mol. The fourth-order valence-corrected chi connectivity index (χ4v) is 4.38. The molecule has 160 valence electrons. The molecule has 1 aromatic carbocycles. The van der Waals surface area contributed by atoms with Gasteiger partial charge in [-0.2, -0.15) is 0 Å². The Labute approximate surface area is 192 Å². The van der Waals surface area contributed by atoms with Crippen LogP contribution in [0, 0.1) is 0 Å². The van der Waals surface area contributed by atoms with Gasteiger partial charge in [0.05, 0.1) is 10.8 Å². The third kappa shape index (κ3) is 5.63. The van der Waals surface area contributed by atoms with E-state index in [0.29, 0.717) is 38.5 Å². The SMILES string of the molecule is CCc1nnc(NC(=O)CSc2nnc(C(C)Oc3cc(Cl)ccc3Cl)n2CC)s1. The summed E-state index contributed by atoms with van der Waals surface area (Å²) in [5, 5.41) is 22.2. The Bertz CT molecular complexity index is 1030. The van der Waals surface area contributed by atoms with Crippen LogP contribution >= 0.6 is 46.3 Å². The quantitative estimate of drug-likeness (QED) is 0.430. The summed E-state index contributed by atoms with van der Waals surface area (Å²) in [4.78, 5) is 12.2. The molecule has 0 aliphatic carbocycles. The van der Waals surface area contributed by atoms with Gasteiger partial charge in [0, 0.05) is 17.6 Å². The Balaban J connectivity index is 1.64. The number of rotatable bonds is 9. The molecular formula is C18H20Cl2N6O2S2. The summed E-state index contributed by atoms with van der Waals surface area (Å²) in [6.07, 6.45) is 0.371. The fraction of sp³-hybridized carbons (Fsp3) is 0.389. The Morgan fingerprint density at radius 2 is 2.07 bits per heavy atom. The van der Waals surface area contributed by atoms with Crippen molar-refractivity contribution in [2.45, 2.75) is 45.0 Å². The predicted octanol–water partition coefficient (Wildman–Crippen LogP) is 4.89. The third-order valence-corrected chi connectivity index (χ3v) is 6.47. The molecule has 2 heterocycles. The minimum Gasteiger partial charge on any atom is -0.481 e. The van der Waals surface area contributed by atoms with Crippen LogP contribution in [0.2, 0.25) is 10.0 Å². The number of hydrogen-bond acceptors (Lipinski definition) is 8. The number of ether oxygens (including phenoxy) is 1. The van der Waals surface area contributed by atoms with Crippen molar-refractivity contribution in [1.29, 1.82) is 0 Å². The largest absolute Gasteiger partial charge is 0.481 e. The van der Waals surface area contributed by atoms with E-state index in [4.69, 9.17) is 27.9 Å². The Kier molecular flexibility index (Phi) is 7.93. The molecule has 1 N–H and O–H groups in total. The molecular weight excluding hydrogens is 467 g/mol. The first-order valence-corrected chi connectivity index (χ1v) is 11.8. The molecule has 1 unspecified atom stereocenters. The van der Waals surface area contributed by atoms with Crippen LogP contribution in [0.1, 0.15) is 37.7 Å². The van der Waals surface area contributed by atoms with Gasteiger partial charge in [-0.3, -0.25) is 10.1 Å². The number of aromatic nitrogens is 5. The second-order valence-electron chi connectivity index (χ2n) is 6.11. The van der Waals surface area contributed by atoms with E-state index in [2.05, 4.69) is 25.7 Å². The van der Waals surface area contributed by atoms with E-state index in [1.54, 1.807) is 18.2 Å². The van der Waals surface area contributed by atoms with Crippen molar-refractivity contribution in [2.24, 2.45) is 0 Å². The summed E-state index contributed by atoms with van der Waals surface area (Å²) in [6, 6.07) is 5.03. The third-order valence-electron chi connectivity index (χ3n) is 3.97. The summed E-state index contributed by atoms with van der Waals surface area (Å²) in [7, 11) is 0. The van der Waals surface area contributed by atoms with Crippen LogP contribution in [0.25, 0.3) is 0 Å². The van der Waals surface area contributed by atoms with Gasteiger partial charge in [-0.15, -0.1) is 20.4 Å². The van der Waals surface area contributed by atoms with E-state index >= 15 is 0 Å². The van der Waals surface area contributed by atoms with Crippen molar-refractivity contribution in [1.82, 2.24) is 25.0 Å². The van der Waals surface area contributed by atoms with Crippen LogP contribution < -0.4 is 10.1 Å². The molecule has 8 nitrogen and oxygen atoms in total. The van der Waals surface area contributed by atoms with Gasteiger partial charge in [0.15, 0.2) is 17.1 Å². The normalized spacial score (nSPS) is 12.0. The molecule has 3 rings (SSSR count). The maximum absolute atomic E-state index is 12.2. The number of amides is 1. The number of hydrogen-bond donors (Lipinski definition) is 1. The number of halogens is 2. The highest BCUT2D eigenvalue weighted by molar-refractivity contribution is 7.99. The number of nitrogens with zero attached hydrogens (tertiary/aromatic N) is 5. The standard InChI is InChI=1S/C18H20Cl2N6O2S2/c1-4-15-22-24-17(30-15)21-14(27)9-29-18-25-23-16(26(18)5-2)10(3)28-13-8-11(19)6-7-12(13)20/h6-8,10H,4-5,9H2,1-3H3,(H,21,24,27). The Morgan fingerprint density at radius 3 is 2.77 bits per heavy atom. The van der Waals surface area contributed by atoms with Crippen molar-refractivity contribution in [3.63, 3.8) is 0 Å². The van der Waals surface area contributed by atoms with Crippen molar-refractivity contribution in [2.75, 3.05) is 11.1 Å². The highest BCUT2D eigenvalue weighted by atomic mass is 35.5. The zero-order valence-electron chi connectivity index (χ0n) is 16.6. The van der Waals surface area contributed by atoms with E-state index in [-0.39, 0.29) is 11.7 Å². The monoisotopic (exact) mass is 486 g/mol. The molecule has 2 aromatic heterocycles. The van der Waals surface area contributed by atoms with Gasteiger partial charge < -0.3 is 9.30 Å². The molecule has 12 heteroatoms. The first-order valence-electron chi connectivity index (χ1n) is 9.21. The van der Waals surface area contributed by atoms with Crippen LogP contribution in [0.5, 0.6) is 5.75 Å². The molecule has 30 heavy (non-hydrogen) atoms. The lowest BCUT2D eigenvalue weighted by Gasteiger charge is -2.16. The van der Waals surface area contributed by atoms with E-state index < -0.39 is 6.10 Å². The summed E-state index contributed by atoms with van der Waals surface area (Å²) >= 11 is 14.9. The van der Waals surface area contributed by atoms with Gasteiger partial charge in [0.25, 0.3) is 0 Å². The maximum atomic E-state index is 12.2. The number of carbonyl (C=O) groups is 1. The number of anilines is 1. The fourth-order valence-electron chi connectivity index (χ4n) is 2.55. The molecule has 0 radical (unpaired) electrons. The van der Waals surface area contributed by atoms with Gasteiger partial charge in [0.2, 0.25) is 11.0 Å². The molecule has 3 aromatic rings. The van der Waals surface area contributed by atoms with Gasteiger partial charge in [0.1, 0.15) is 10.8 Å². The van der Waals surface area contributed by atoms with Gasteiger partial charge in [-0.1, -0.05) is 53.2 Å². The molecule has 0 saturated carbocycles. The zero-order valence-corrected chi connectivity index (χ0v) is 19.7. The number of benzene rings is 1. The maximum Gasteiger partial charge on any atom is 0.236 e. The van der Waals surface area contributed by atoms with E-state index in [0.717, 1.165) is 11.4 Å². The molecule has 0 aliphatic heterocycles. The number of thioether (sulfide) groups is 1. The molecule has 1 atom stereocenters. The summed E-state index contributed by atoms with van der Waals surface area (Å²) in [5.41, 5.74) is 0. The van der Waals surface area contributed by atoms with E-state index in [9.17, 15) is 4.79 Å². The highest BCUT2D eigenvalue weighted by Gasteiger charge is 2.20. The number of nitrogens with one attached hydrogen (secondary N) is 1. The average Bonchev–Trinajstić information content (AvgIpc) is 3.35. The van der Waals surface area contributed by atoms with Crippen LogP contribution in [-0.2, 0) is 17.8 Å². The van der Waals surface area contributed by atoms with Gasteiger partial charge in [-0.05, 0) is 32.4 Å². The Hall–Kier alpha value is -1.88. The van der Waals surface area contributed by atoms with Crippen LogP contribution in [0.3, 0.4) is 0 Å². The minimum absolute atomic E-state index is 0.175. The van der Waals surface area contributed by atoms with Gasteiger partial charge >= 0.3 is 0 Å². The highest BCUT2D eigenvalue weighted by Crippen LogP contribution is 2.32. The van der Waals surface area contributed by atoms with Gasteiger partial charge in [-0.25, -0.2) is 0 Å². The molecule has 0 saturated heterocycles. The van der Waals surface area contributed by atoms with E-state index in [1.807, 2.05) is 25.3 Å². The summed E-state index contributed by atoms with van der Waals surface area (Å²) in [6.45, 7) is 6.45.